The van der Waals surface area contributed by atoms with Gasteiger partial charge < -0.3 is 0 Å². The van der Waals surface area contributed by atoms with Crippen LogP contribution < -0.4 is 0 Å². The van der Waals surface area contributed by atoms with Crippen LogP contribution in [0.5, 0.6) is 0 Å². The molecule has 0 aliphatic rings. The molecule has 1 rings (SSSR count). The van der Waals surface area contributed by atoms with E-state index in [1.165, 1.54) is 5.17 Å². The van der Waals surface area contributed by atoms with Crippen LogP contribution in [0.2, 0.25) is 5.02 Å². The van der Waals surface area contributed by atoms with Crippen molar-refractivity contribution in [2.24, 2.45) is 0 Å². The summed E-state index contributed by atoms with van der Waals surface area (Å²) >= 11 is 7.64. The van der Waals surface area contributed by atoms with Gasteiger partial charge >= 0.3 is 5.17 Å². The quantitative estimate of drug-likeness (QED) is 0.324. The van der Waals surface area contributed by atoms with Crippen LogP contribution in [0.3, 0.4) is 0 Å². The molecule has 4 heteroatoms. The summed E-state index contributed by atoms with van der Waals surface area (Å²) in [4.78, 5) is 3.24. The van der Waals surface area contributed by atoms with Gasteiger partial charge in [-0.15, -0.1) is 0 Å². The summed E-state index contributed by atoms with van der Waals surface area (Å²) in [7, 11) is 8.14. The van der Waals surface area contributed by atoms with Crippen molar-refractivity contribution in [2.75, 3.05) is 28.2 Å². The largest absolute Gasteiger partial charge is 0.312 e. The second-order valence-corrected chi connectivity index (χ2v) is 5.11. The number of hydrogen-bond donors (Lipinski definition) is 0. The Labute approximate surface area is 101 Å². The molecule has 0 aromatic heterocycles. The summed E-state index contributed by atoms with van der Waals surface area (Å²) in [6.45, 7) is 0. The number of nitrogens with zero attached hydrogens (tertiary/aromatic N) is 2. The van der Waals surface area contributed by atoms with Crippen molar-refractivity contribution in [3.63, 3.8) is 0 Å². The van der Waals surface area contributed by atoms with Crippen molar-refractivity contribution >= 4 is 28.5 Å². The summed E-state index contributed by atoms with van der Waals surface area (Å²) in [6.07, 6.45) is 0. The first-order valence-electron chi connectivity index (χ1n) is 4.65. The molecular weight excluding hydrogens is 228 g/mol. The fraction of sp³-hybridized carbons (Fsp3) is 0.364. The van der Waals surface area contributed by atoms with E-state index in [2.05, 4.69) is 15.5 Å². The summed E-state index contributed by atoms with van der Waals surface area (Å²) < 4.78 is 2.09. The minimum absolute atomic E-state index is 0.775. The number of amidine groups is 1. The molecule has 0 amide bonds. The zero-order valence-electron chi connectivity index (χ0n) is 9.49. The van der Waals surface area contributed by atoms with Gasteiger partial charge in [0.15, 0.2) is 0 Å². The minimum atomic E-state index is 0.775. The summed E-state index contributed by atoms with van der Waals surface area (Å²) in [5.41, 5.74) is 0. The van der Waals surface area contributed by atoms with Crippen LogP contribution in [0.1, 0.15) is 0 Å². The molecule has 0 heterocycles. The van der Waals surface area contributed by atoms with Gasteiger partial charge in [0.05, 0.1) is 28.2 Å². The standard InChI is InChI=1S/C11H16ClN2S/c1-13(2)11(14(3)4)15-10-7-5-6-9(12)8-10/h5-8H,1-4H3/q+1. The van der Waals surface area contributed by atoms with Crippen molar-refractivity contribution in [2.45, 2.75) is 4.90 Å². The molecule has 0 radical (unpaired) electrons. The van der Waals surface area contributed by atoms with Gasteiger partial charge in [-0.2, -0.15) is 0 Å². The highest BCUT2D eigenvalue weighted by Gasteiger charge is 2.13. The Kier molecular flexibility index (Phi) is 4.48. The second-order valence-electron chi connectivity index (χ2n) is 3.63. The molecule has 0 bridgehead atoms. The van der Waals surface area contributed by atoms with E-state index in [0.717, 1.165) is 9.92 Å². The molecule has 1 aromatic carbocycles. The Bertz CT molecular complexity index is 371. The van der Waals surface area contributed by atoms with Gasteiger partial charge in [0, 0.05) is 9.92 Å². The first kappa shape index (κ1) is 12.4. The molecule has 1 aromatic rings. The predicted molar refractivity (Wildman–Crippen MR) is 68.1 cm³/mol. The Morgan fingerprint density at radius 1 is 1.33 bits per heavy atom. The Morgan fingerprint density at radius 2 is 2.00 bits per heavy atom. The van der Waals surface area contributed by atoms with E-state index >= 15 is 0 Å². The topological polar surface area (TPSA) is 6.25 Å². The number of thioether (sulfide) groups is 1. The third-order valence-electron chi connectivity index (χ3n) is 1.77. The van der Waals surface area contributed by atoms with E-state index < -0.39 is 0 Å². The summed E-state index contributed by atoms with van der Waals surface area (Å²) in [5.74, 6) is 0. The lowest BCUT2D eigenvalue weighted by molar-refractivity contribution is -0.466. The van der Waals surface area contributed by atoms with Gasteiger partial charge in [0.1, 0.15) is 0 Å². The predicted octanol–water partition coefficient (Wildman–Crippen LogP) is 2.62. The number of rotatable bonds is 1. The normalized spacial score (nSPS) is 9.93. The van der Waals surface area contributed by atoms with Crippen LogP contribution in [-0.2, 0) is 0 Å². The van der Waals surface area contributed by atoms with E-state index in [-0.39, 0.29) is 0 Å². The van der Waals surface area contributed by atoms with Crippen molar-refractivity contribution in [3.8, 4) is 0 Å². The fourth-order valence-corrected chi connectivity index (χ4v) is 2.38. The SMILES string of the molecule is CN(C)C(Sc1cccc(Cl)c1)=[N+](C)C. The first-order valence-corrected chi connectivity index (χ1v) is 5.85. The molecule has 0 aliphatic heterocycles. The van der Waals surface area contributed by atoms with Gasteiger partial charge in [0.25, 0.3) is 0 Å². The van der Waals surface area contributed by atoms with E-state index in [1.807, 2.05) is 46.4 Å². The van der Waals surface area contributed by atoms with Gasteiger partial charge in [-0.25, -0.2) is 0 Å². The molecule has 0 spiro atoms. The minimum Gasteiger partial charge on any atom is -0.261 e. The molecule has 0 atom stereocenters. The average Bonchev–Trinajstić information content (AvgIpc) is 2.13. The molecule has 0 aliphatic carbocycles. The van der Waals surface area contributed by atoms with Crippen molar-refractivity contribution in [1.29, 1.82) is 0 Å². The van der Waals surface area contributed by atoms with Crippen LogP contribution in [-0.4, -0.2) is 42.8 Å². The molecule has 82 valence electrons. The summed E-state index contributed by atoms with van der Waals surface area (Å²) in [6, 6.07) is 7.88. The van der Waals surface area contributed by atoms with Crippen LogP contribution in [0.25, 0.3) is 0 Å². The van der Waals surface area contributed by atoms with Gasteiger partial charge in [0.2, 0.25) is 0 Å². The Balaban J connectivity index is 2.89. The Hall–Kier alpha value is -0.670. The van der Waals surface area contributed by atoms with Crippen LogP contribution in [0.15, 0.2) is 29.2 Å². The molecular formula is C11H16ClN2S+. The van der Waals surface area contributed by atoms with Crippen LogP contribution in [0, 0.1) is 0 Å². The third kappa shape index (κ3) is 3.76. The highest BCUT2D eigenvalue weighted by atomic mass is 35.5. The van der Waals surface area contributed by atoms with E-state index in [1.54, 1.807) is 11.8 Å². The van der Waals surface area contributed by atoms with E-state index in [0.29, 0.717) is 0 Å². The van der Waals surface area contributed by atoms with E-state index in [9.17, 15) is 0 Å². The zero-order valence-corrected chi connectivity index (χ0v) is 11.1. The number of halogens is 1. The number of benzene rings is 1. The summed E-state index contributed by atoms with van der Waals surface area (Å²) in [5, 5.41) is 1.95. The van der Waals surface area contributed by atoms with Crippen molar-refractivity contribution < 1.29 is 4.58 Å². The maximum absolute atomic E-state index is 5.94. The van der Waals surface area contributed by atoms with Gasteiger partial charge in [-0.1, -0.05) is 17.7 Å². The van der Waals surface area contributed by atoms with Crippen LogP contribution >= 0.6 is 23.4 Å². The molecule has 0 saturated heterocycles. The fourth-order valence-electron chi connectivity index (χ4n) is 1.22. The van der Waals surface area contributed by atoms with E-state index in [4.69, 9.17) is 11.6 Å². The molecule has 0 fully saturated rings. The first-order chi connectivity index (χ1) is 7.00. The second kappa shape index (κ2) is 5.42. The molecule has 0 saturated carbocycles. The maximum Gasteiger partial charge on any atom is 0.312 e. The molecule has 2 nitrogen and oxygen atoms in total. The van der Waals surface area contributed by atoms with Crippen LogP contribution in [0.4, 0.5) is 0 Å². The lowest BCUT2D eigenvalue weighted by Crippen LogP contribution is -2.26. The van der Waals surface area contributed by atoms with Crippen molar-refractivity contribution in [3.05, 3.63) is 29.3 Å². The lowest BCUT2D eigenvalue weighted by atomic mass is 10.4. The molecule has 0 N–H and O–H groups in total. The smallest absolute Gasteiger partial charge is 0.261 e. The number of hydrogen-bond acceptors (Lipinski definition) is 1. The highest BCUT2D eigenvalue weighted by Crippen LogP contribution is 2.23. The lowest BCUT2D eigenvalue weighted by Gasteiger charge is -2.10. The maximum atomic E-state index is 5.94. The van der Waals surface area contributed by atoms with Gasteiger partial charge in [-0.3, -0.25) is 9.48 Å². The van der Waals surface area contributed by atoms with Gasteiger partial charge in [-0.05, 0) is 30.0 Å². The molecule has 0 unspecified atom stereocenters. The average molecular weight is 244 g/mol. The monoisotopic (exact) mass is 243 g/mol. The highest BCUT2D eigenvalue weighted by molar-refractivity contribution is 8.13. The Morgan fingerprint density at radius 3 is 2.47 bits per heavy atom. The van der Waals surface area contributed by atoms with Crippen molar-refractivity contribution in [1.82, 2.24) is 4.90 Å². The molecule has 15 heavy (non-hydrogen) atoms. The third-order valence-corrected chi connectivity index (χ3v) is 3.41. The zero-order chi connectivity index (χ0) is 11.4.